The second-order valence-corrected chi connectivity index (χ2v) is 20.4. The molecule has 1 atom stereocenters. The van der Waals surface area contributed by atoms with Crippen LogP contribution in [0.1, 0.15) is 329 Å². The van der Waals surface area contributed by atoms with Gasteiger partial charge in [0.1, 0.15) is 13.2 Å². The summed E-state index contributed by atoms with van der Waals surface area (Å²) in [7, 11) is 0. The summed E-state index contributed by atoms with van der Waals surface area (Å²) in [6, 6.07) is 0. The predicted octanol–water partition coefficient (Wildman–Crippen LogP) is 19.0. The van der Waals surface area contributed by atoms with Gasteiger partial charge in [0, 0.05) is 19.3 Å². The summed E-state index contributed by atoms with van der Waals surface area (Å²) in [6.45, 7) is 9.02. The molecule has 0 aliphatic heterocycles. The first-order valence-electron chi connectivity index (χ1n) is 28.9. The lowest BCUT2D eigenvalue weighted by Gasteiger charge is -2.18. The van der Waals surface area contributed by atoms with Crippen molar-refractivity contribution in [3.63, 3.8) is 0 Å². The molecule has 6 nitrogen and oxygen atoms in total. The van der Waals surface area contributed by atoms with E-state index in [0.29, 0.717) is 19.3 Å². The molecule has 0 aromatic rings. The molecule has 0 amide bonds. The van der Waals surface area contributed by atoms with E-state index in [1.807, 2.05) is 0 Å². The normalized spacial score (nSPS) is 12.0. The van der Waals surface area contributed by atoms with E-state index in [1.54, 1.807) is 0 Å². The highest BCUT2D eigenvalue weighted by molar-refractivity contribution is 5.71. The Hall–Kier alpha value is -1.59. The van der Waals surface area contributed by atoms with Crippen LogP contribution in [0.2, 0.25) is 0 Å². The zero-order valence-electron chi connectivity index (χ0n) is 43.8. The van der Waals surface area contributed by atoms with E-state index in [9.17, 15) is 14.4 Å². The number of ether oxygens (including phenoxy) is 3. The number of unbranched alkanes of at least 4 members (excludes halogenated alkanes) is 40. The van der Waals surface area contributed by atoms with Crippen LogP contribution in [0.3, 0.4) is 0 Å². The molecule has 0 saturated heterocycles. The van der Waals surface area contributed by atoms with Gasteiger partial charge in [-0.25, -0.2) is 0 Å². The van der Waals surface area contributed by atoms with Gasteiger partial charge in [-0.3, -0.25) is 14.4 Å². The van der Waals surface area contributed by atoms with Gasteiger partial charge in [0.2, 0.25) is 0 Å². The number of hydrogen-bond donors (Lipinski definition) is 0. The summed E-state index contributed by atoms with van der Waals surface area (Å²) < 4.78 is 16.9. The Morgan fingerprint density at radius 3 is 0.766 bits per heavy atom. The van der Waals surface area contributed by atoms with Crippen molar-refractivity contribution in [3.8, 4) is 0 Å². The summed E-state index contributed by atoms with van der Waals surface area (Å²) >= 11 is 0. The molecule has 0 rings (SSSR count). The Bertz CT molecular complexity index is 964. The second-order valence-electron chi connectivity index (χ2n) is 20.4. The van der Waals surface area contributed by atoms with Crippen molar-refractivity contribution in [2.45, 2.75) is 336 Å². The number of hydrogen-bond acceptors (Lipinski definition) is 6. The van der Waals surface area contributed by atoms with Gasteiger partial charge in [0.25, 0.3) is 0 Å². The van der Waals surface area contributed by atoms with E-state index in [-0.39, 0.29) is 31.1 Å². The van der Waals surface area contributed by atoms with Crippen molar-refractivity contribution in [1.82, 2.24) is 0 Å². The van der Waals surface area contributed by atoms with E-state index in [0.717, 1.165) is 63.7 Å². The third kappa shape index (κ3) is 51.4. The highest BCUT2D eigenvalue weighted by Gasteiger charge is 2.19. The maximum absolute atomic E-state index is 12.8. The van der Waals surface area contributed by atoms with Gasteiger partial charge in [-0.1, -0.05) is 291 Å². The standard InChI is InChI=1S/C58H112O6/c1-5-7-9-11-13-15-17-19-21-23-25-27-29-31-33-38-42-46-50-57(60)63-53-55(64-58(61)51-47-43-39-35-34-36-40-44-48-54(3)4)52-62-56(59)49-45-41-37-32-30-28-26-24-22-20-18-16-14-12-10-8-6-2/h54-55H,5-53H2,1-4H3/t55-/m0/s1. The molecule has 0 aromatic heterocycles. The van der Waals surface area contributed by atoms with Gasteiger partial charge in [-0.05, 0) is 25.2 Å². The lowest BCUT2D eigenvalue weighted by Crippen LogP contribution is -2.30. The summed E-state index contributed by atoms with van der Waals surface area (Å²) in [5.74, 6) is -0.0458. The van der Waals surface area contributed by atoms with Gasteiger partial charge < -0.3 is 14.2 Å². The van der Waals surface area contributed by atoms with Crippen molar-refractivity contribution in [3.05, 3.63) is 0 Å². The molecule has 64 heavy (non-hydrogen) atoms. The fourth-order valence-corrected chi connectivity index (χ4v) is 8.92. The lowest BCUT2D eigenvalue weighted by atomic mass is 10.0. The minimum absolute atomic E-state index is 0.0627. The van der Waals surface area contributed by atoms with Gasteiger partial charge in [-0.15, -0.1) is 0 Å². The van der Waals surface area contributed by atoms with Gasteiger partial charge in [0.05, 0.1) is 0 Å². The van der Waals surface area contributed by atoms with Crippen LogP contribution in [0.4, 0.5) is 0 Å². The summed E-state index contributed by atoms with van der Waals surface area (Å²) in [6.07, 6.45) is 56.7. The second kappa shape index (κ2) is 52.4. The molecule has 0 saturated carbocycles. The molecular weight excluding hydrogens is 793 g/mol. The fraction of sp³-hybridized carbons (Fsp3) is 0.948. The topological polar surface area (TPSA) is 78.9 Å². The summed E-state index contributed by atoms with van der Waals surface area (Å²) in [5, 5.41) is 0. The molecule has 0 aromatic carbocycles. The van der Waals surface area contributed by atoms with Crippen LogP contribution in [0, 0.1) is 5.92 Å². The first kappa shape index (κ1) is 62.4. The monoisotopic (exact) mass is 905 g/mol. The van der Waals surface area contributed by atoms with Gasteiger partial charge in [-0.2, -0.15) is 0 Å². The number of carbonyl (C=O) groups is 3. The Morgan fingerprint density at radius 1 is 0.297 bits per heavy atom. The molecule has 380 valence electrons. The molecule has 0 N–H and O–H groups in total. The van der Waals surface area contributed by atoms with E-state index in [1.165, 1.54) is 225 Å². The zero-order valence-corrected chi connectivity index (χ0v) is 43.8. The SMILES string of the molecule is CCCCCCCCCCCCCCCCCCCCC(=O)OC[C@H](COC(=O)CCCCCCCCCCCCCCCCCCC)OC(=O)CCCCCCCCCCC(C)C. The fourth-order valence-electron chi connectivity index (χ4n) is 8.92. The van der Waals surface area contributed by atoms with Gasteiger partial charge >= 0.3 is 17.9 Å². The van der Waals surface area contributed by atoms with Crippen molar-refractivity contribution in [2.75, 3.05) is 13.2 Å². The van der Waals surface area contributed by atoms with Crippen LogP contribution in [0.25, 0.3) is 0 Å². The number of rotatable bonds is 53. The maximum atomic E-state index is 12.8. The van der Waals surface area contributed by atoms with Crippen LogP contribution in [0.15, 0.2) is 0 Å². The highest BCUT2D eigenvalue weighted by Crippen LogP contribution is 2.18. The maximum Gasteiger partial charge on any atom is 0.306 e. The van der Waals surface area contributed by atoms with Crippen molar-refractivity contribution in [2.24, 2.45) is 5.92 Å². The van der Waals surface area contributed by atoms with Crippen LogP contribution in [-0.4, -0.2) is 37.2 Å². The van der Waals surface area contributed by atoms with Crippen LogP contribution in [-0.2, 0) is 28.6 Å². The molecule has 0 radical (unpaired) electrons. The van der Waals surface area contributed by atoms with Crippen LogP contribution >= 0.6 is 0 Å². The minimum Gasteiger partial charge on any atom is -0.462 e. The van der Waals surface area contributed by atoms with Crippen LogP contribution < -0.4 is 0 Å². The van der Waals surface area contributed by atoms with Crippen LogP contribution in [0.5, 0.6) is 0 Å². The van der Waals surface area contributed by atoms with E-state index in [4.69, 9.17) is 14.2 Å². The minimum atomic E-state index is -0.762. The summed E-state index contributed by atoms with van der Waals surface area (Å²) in [4.78, 5) is 38.1. The quantitative estimate of drug-likeness (QED) is 0.0344. The number of carbonyl (C=O) groups excluding carboxylic acids is 3. The van der Waals surface area contributed by atoms with Crippen molar-refractivity contribution >= 4 is 17.9 Å². The molecule has 0 spiro atoms. The third-order valence-electron chi connectivity index (χ3n) is 13.3. The lowest BCUT2D eigenvalue weighted by molar-refractivity contribution is -0.167. The first-order chi connectivity index (χ1) is 31.4. The predicted molar refractivity (Wildman–Crippen MR) is 275 cm³/mol. The summed E-state index contributed by atoms with van der Waals surface area (Å²) in [5.41, 5.74) is 0. The molecule has 0 fully saturated rings. The Morgan fingerprint density at radius 2 is 0.516 bits per heavy atom. The average molecular weight is 906 g/mol. The van der Waals surface area contributed by atoms with Crippen molar-refractivity contribution < 1.29 is 28.6 Å². The molecule has 0 aliphatic carbocycles. The molecule has 6 heteroatoms. The Labute approximate surface area is 399 Å². The van der Waals surface area contributed by atoms with Gasteiger partial charge in [0.15, 0.2) is 6.10 Å². The molecule has 0 heterocycles. The molecule has 0 unspecified atom stereocenters. The number of esters is 3. The van der Waals surface area contributed by atoms with E-state index >= 15 is 0 Å². The smallest absolute Gasteiger partial charge is 0.306 e. The molecular formula is C58H112O6. The van der Waals surface area contributed by atoms with E-state index < -0.39 is 6.10 Å². The van der Waals surface area contributed by atoms with Crippen molar-refractivity contribution in [1.29, 1.82) is 0 Å². The third-order valence-corrected chi connectivity index (χ3v) is 13.3. The van der Waals surface area contributed by atoms with E-state index in [2.05, 4.69) is 27.7 Å². The zero-order chi connectivity index (χ0) is 46.7. The average Bonchev–Trinajstić information content (AvgIpc) is 3.28. The first-order valence-corrected chi connectivity index (χ1v) is 28.9. The highest BCUT2D eigenvalue weighted by atomic mass is 16.6. The largest absolute Gasteiger partial charge is 0.462 e. The Balaban J connectivity index is 4.23. The molecule has 0 bridgehead atoms. The molecule has 0 aliphatic rings. The Kier molecular flexibility index (Phi) is 51.1.